The van der Waals surface area contributed by atoms with Crippen molar-refractivity contribution in [3.63, 3.8) is 0 Å². The first kappa shape index (κ1) is 21.5. The average Bonchev–Trinajstić information content (AvgIpc) is 3.23. The lowest BCUT2D eigenvalue weighted by Crippen LogP contribution is -2.48. The molecule has 1 fully saturated rings. The molecule has 2 aromatic carbocycles. The second-order valence-electron chi connectivity index (χ2n) is 7.05. The highest BCUT2D eigenvalue weighted by atomic mass is 32.2. The fourth-order valence-corrected chi connectivity index (χ4v) is 5.04. The smallest absolute Gasteiger partial charge is 0.338 e. The second-order valence-corrected chi connectivity index (χ2v) is 8.96. The van der Waals surface area contributed by atoms with Crippen molar-refractivity contribution in [1.29, 1.82) is 0 Å². The van der Waals surface area contributed by atoms with Crippen molar-refractivity contribution in [3.8, 4) is 11.4 Å². The predicted molar refractivity (Wildman–Crippen MR) is 105 cm³/mol. The van der Waals surface area contributed by atoms with Gasteiger partial charge in [0.05, 0.1) is 17.0 Å². The molecule has 1 saturated heterocycles. The van der Waals surface area contributed by atoms with Crippen LogP contribution in [0.3, 0.4) is 0 Å². The Morgan fingerprint density at radius 3 is 2.26 bits per heavy atom. The summed E-state index contributed by atoms with van der Waals surface area (Å²) < 4.78 is 71.8. The fourth-order valence-electron chi connectivity index (χ4n) is 3.41. The van der Waals surface area contributed by atoms with Gasteiger partial charge in [-0.15, -0.1) is 0 Å². The van der Waals surface area contributed by atoms with Crippen LogP contribution in [0.5, 0.6) is 0 Å². The number of nitrogens with zero attached hydrogens (tertiary/aromatic N) is 4. The first-order chi connectivity index (χ1) is 14.7. The quantitative estimate of drug-likeness (QED) is 0.591. The SMILES string of the molecule is O=S(=O)(c1ccccc1C(F)(F)F)N1CCN(Cc2nc(-c3ccccc3)no2)CC1. The van der Waals surface area contributed by atoms with Gasteiger partial charge in [-0.1, -0.05) is 47.6 Å². The van der Waals surface area contributed by atoms with Crippen molar-refractivity contribution >= 4 is 10.0 Å². The average molecular weight is 452 g/mol. The first-order valence-corrected chi connectivity index (χ1v) is 11.0. The van der Waals surface area contributed by atoms with Gasteiger partial charge in [0.1, 0.15) is 0 Å². The molecule has 0 N–H and O–H groups in total. The van der Waals surface area contributed by atoms with Crippen LogP contribution in [0.1, 0.15) is 11.5 Å². The van der Waals surface area contributed by atoms with Gasteiger partial charge in [-0.2, -0.15) is 22.5 Å². The number of aromatic nitrogens is 2. The second kappa shape index (κ2) is 8.40. The maximum Gasteiger partial charge on any atom is 0.417 e. The maximum atomic E-state index is 13.3. The Balaban J connectivity index is 1.42. The van der Waals surface area contributed by atoms with Gasteiger partial charge in [0.15, 0.2) is 0 Å². The molecule has 0 amide bonds. The number of benzene rings is 2. The Labute approximate surface area is 177 Å². The molecule has 1 aliphatic heterocycles. The third kappa shape index (κ3) is 4.63. The summed E-state index contributed by atoms with van der Waals surface area (Å²) in [6.07, 6.45) is -4.75. The van der Waals surface area contributed by atoms with Gasteiger partial charge in [0.2, 0.25) is 21.7 Å². The van der Waals surface area contributed by atoms with E-state index in [0.717, 1.165) is 22.0 Å². The van der Waals surface area contributed by atoms with E-state index in [-0.39, 0.29) is 13.1 Å². The fraction of sp³-hybridized carbons (Fsp3) is 0.300. The normalized spacial score (nSPS) is 16.5. The van der Waals surface area contributed by atoms with Crippen LogP contribution >= 0.6 is 0 Å². The van der Waals surface area contributed by atoms with Gasteiger partial charge >= 0.3 is 6.18 Å². The molecule has 0 spiro atoms. The molecule has 0 saturated carbocycles. The topological polar surface area (TPSA) is 79.5 Å². The van der Waals surface area contributed by atoms with Crippen LogP contribution in [-0.4, -0.2) is 53.9 Å². The largest absolute Gasteiger partial charge is 0.417 e. The Hall–Kier alpha value is -2.76. The zero-order chi connectivity index (χ0) is 22.1. The first-order valence-electron chi connectivity index (χ1n) is 9.52. The molecular weight excluding hydrogens is 433 g/mol. The van der Waals surface area contributed by atoms with Crippen molar-refractivity contribution < 1.29 is 26.1 Å². The Bertz CT molecular complexity index is 1140. The van der Waals surface area contributed by atoms with Gasteiger partial charge in [0.25, 0.3) is 0 Å². The van der Waals surface area contributed by atoms with Gasteiger partial charge in [-0.25, -0.2) is 8.42 Å². The summed E-state index contributed by atoms with van der Waals surface area (Å²) in [5.74, 6) is 0.846. The molecule has 1 aromatic heterocycles. The standard InChI is InChI=1S/C20H19F3N4O3S/c21-20(22,23)16-8-4-5-9-17(16)31(28,29)27-12-10-26(11-13-27)14-18-24-19(25-30-18)15-6-2-1-3-7-15/h1-9H,10-14H2. The summed E-state index contributed by atoms with van der Waals surface area (Å²) in [6, 6.07) is 13.6. The minimum absolute atomic E-state index is 0.0637. The van der Waals surface area contributed by atoms with Crippen LogP contribution in [0.4, 0.5) is 13.2 Å². The lowest BCUT2D eigenvalue weighted by atomic mass is 10.2. The van der Waals surface area contributed by atoms with Crippen LogP contribution in [0.2, 0.25) is 0 Å². The third-order valence-corrected chi connectivity index (χ3v) is 6.96. The van der Waals surface area contributed by atoms with Crippen molar-refractivity contribution in [2.45, 2.75) is 17.6 Å². The molecule has 0 bridgehead atoms. The maximum absolute atomic E-state index is 13.3. The van der Waals surface area contributed by atoms with E-state index in [1.165, 1.54) is 12.1 Å². The third-order valence-electron chi connectivity index (χ3n) is 5.00. The molecule has 0 atom stereocenters. The molecule has 31 heavy (non-hydrogen) atoms. The number of piperazine rings is 1. The molecular formula is C20H19F3N4O3S. The number of hydrogen-bond donors (Lipinski definition) is 0. The highest BCUT2D eigenvalue weighted by Gasteiger charge is 2.39. The molecule has 164 valence electrons. The van der Waals surface area contributed by atoms with Crippen molar-refractivity contribution in [2.75, 3.05) is 26.2 Å². The van der Waals surface area contributed by atoms with Gasteiger partial charge in [-0.05, 0) is 12.1 Å². The van der Waals surface area contributed by atoms with Crippen LogP contribution < -0.4 is 0 Å². The molecule has 0 aliphatic carbocycles. The number of rotatable bonds is 5. The number of alkyl halides is 3. The van der Waals surface area contributed by atoms with E-state index in [0.29, 0.717) is 31.3 Å². The highest BCUT2D eigenvalue weighted by molar-refractivity contribution is 7.89. The number of halogens is 3. The lowest BCUT2D eigenvalue weighted by Gasteiger charge is -2.33. The summed E-state index contributed by atoms with van der Waals surface area (Å²) in [5.41, 5.74) is -0.339. The monoisotopic (exact) mass is 452 g/mol. The molecule has 2 heterocycles. The van der Waals surface area contributed by atoms with Crippen LogP contribution in [-0.2, 0) is 22.7 Å². The summed E-state index contributed by atoms with van der Waals surface area (Å²) in [5, 5.41) is 3.95. The lowest BCUT2D eigenvalue weighted by molar-refractivity contribution is -0.139. The molecule has 3 aromatic rings. The van der Waals surface area contributed by atoms with Gasteiger partial charge in [0, 0.05) is 31.7 Å². The van der Waals surface area contributed by atoms with Crippen LogP contribution in [0.15, 0.2) is 64.0 Å². The Morgan fingerprint density at radius 1 is 0.935 bits per heavy atom. The van der Waals surface area contributed by atoms with E-state index in [1.54, 1.807) is 0 Å². The van der Waals surface area contributed by atoms with Crippen LogP contribution in [0.25, 0.3) is 11.4 Å². The summed E-state index contributed by atoms with van der Waals surface area (Å²) in [7, 11) is -4.27. The molecule has 0 unspecified atom stereocenters. The highest BCUT2D eigenvalue weighted by Crippen LogP contribution is 2.35. The van der Waals surface area contributed by atoms with Crippen molar-refractivity contribution in [1.82, 2.24) is 19.3 Å². The zero-order valence-electron chi connectivity index (χ0n) is 16.3. The zero-order valence-corrected chi connectivity index (χ0v) is 17.1. The summed E-state index contributed by atoms with van der Waals surface area (Å²) in [4.78, 5) is 5.55. The minimum Gasteiger partial charge on any atom is -0.338 e. The van der Waals surface area contributed by atoms with E-state index >= 15 is 0 Å². The van der Waals surface area contributed by atoms with Gasteiger partial charge < -0.3 is 4.52 Å². The van der Waals surface area contributed by atoms with Gasteiger partial charge in [-0.3, -0.25) is 4.90 Å². The molecule has 7 nitrogen and oxygen atoms in total. The van der Waals surface area contributed by atoms with Crippen LogP contribution in [0, 0.1) is 0 Å². The predicted octanol–water partition coefficient (Wildman–Crippen LogP) is 3.26. The minimum atomic E-state index is -4.75. The van der Waals surface area contributed by atoms with E-state index in [2.05, 4.69) is 10.1 Å². The van der Waals surface area contributed by atoms with E-state index < -0.39 is 26.7 Å². The van der Waals surface area contributed by atoms with E-state index in [9.17, 15) is 21.6 Å². The summed E-state index contributed by atoms with van der Waals surface area (Å²) >= 11 is 0. The number of hydrogen-bond acceptors (Lipinski definition) is 6. The number of sulfonamides is 1. The van der Waals surface area contributed by atoms with E-state index in [4.69, 9.17) is 4.52 Å². The summed E-state index contributed by atoms with van der Waals surface area (Å²) in [6.45, 7) is 1.11. The Kier molecular flexibility index (Phi) is 5.82. The molecule has 4 rings (SSSR count). The van der Waals surface area contributed by atoms with Crippen molar-refractivity contribution in [3.05, 3.63) is 66.1 Å². The molecule has 11 heteroatoms. The molecule has 1 aliphatic rings. The van der Waals surface area contributed by atoms with Crippen molar-refractivity contribution in [2.24, 2.45) is 0 Å². The Morgan fingerprint density at radius 2 is 1.58 bits per heavy atom. The van der Waals surface area contributed by atoms with E-state index in [1.807, 2.05) is 35.2 Å². The molecule has 0 radical (unpaired) electrons.